The zero-order chi connectivity index (χ0) is 16.3. The molecule has 22 heavy (non-hydrogen) atoms. The van der Waals surface area contributed by atoms with E-state index in [0.717, 1.165) is 5.56 Å². The van der Waals surface area contributed by atoms with Crippen LogP contribution in [-0.2, 0) is 4.79 Å². The molecule has 6 nitrogen and oxygen atoms in total. The van der Waals surface area contributed by atoms with Crippen molar-refractivity contribution in [2.24, 2.45) is 5.73 Å². The first-order chi connectivity index (χ1) is 10.4. The Morgan fingerprint density at radius 1 is 1.27 bits per heavy atom. The highest BCUT2D eigenvalue weighted by Gasteiger charge is 2.25. The summed E-state index contributed by atoms with van der Waals surface area (Å²) in [6.45, 7) is 3.67. The van der Waals surface area contributed by atoms with Crippen molar-refractivity contribution < 1.29 is 14.0 Å². The Morgan fingerprint density at radius 3 is 2.45 bits per heavy atom. The van der Waals surface area contributed by atoms with E-state index in [4.69, 9.17) is 10.2 Å². The van der Waals surface area contributed by atoms with Gasteiger partial charge >= 0.3 is 0 Å². The maximum absolute atomic E-state index is 12.4. The molecular formula is C16H19N3O3. The second kappa shape index (κ2) is 6.43. The van der Waals surface area contributed by atoms with E-state index < -0.39 is 5.91 Å². The molecule has 0 aliphatic rings. The van der Waals surface area contributed by atoms with Crippen LogP contribution in [0, 0.1) is 0 Å². The molecule has 0 unspecified atom stereocenters. The lowest BCUT2D eigenvalue weighted by molar-refractivity contribution is -0.118. The fourth-order valence-electron chi connectivity index (χ4n) is 2.07. The highest BCUT2D eigenvalue weighted by molar-refractivity contribution is 5.95. The summed E-state index contributed by atoms with van der Waals surface area (Å²) < 4.78 is 5.76. The van der Waals surface area contributed by atoms with Gasteiger partial charge in [0.2, 0.25) is 11.8 Å². The first-order valence-electron chi connectivity index (χ1n) is 7.00. The highest BCUT2D eigenvalue weighted by Crippen LogP contribution is 2.27. The third-order valence-corrected chi connectivity index (χ3v) is 3.14. The van der Waals surface area contributed by atoms with Gasteiger partial charge in [0, 0.05) is 18.5 Å². The van der Waals surface area contributed by atoms with E-state index in [2.05, 4.69) is 4.98 Å². The molecular weight excluding hydrogens is 282 g/mol. The van der Waals surface area contributed by atoms with E-state index in [1.807, 2.05) is 44.2 Å². The third kappa shape index (κ3) is 3.33. The number of carbonyl (C=O) groups is 2. The van der Waals surface area contributed by atoms with Crippen LogP contribution in [0.1, 0.15) is 36.0 Å². The monoisotopic (exact) mass is 301 g/mol. The molecule has 2 rings (SSSR count). The molecule has 116 valence electrons. The van der Waals surface area contributed by atoms with Crippen molar-refractivity contribution in [2.45, 2.75) is 19.8 Å². The fraction of sp³-hybridized carbons (Fsp3) is 0.312. The van der Waals surface area contributed by atoms with E-state index in [1.165, 1.54) is 11.9 Å². The Hall–Kier alpha value is -2.63. The number of primary amides is 1. The number of rotatable bonds is 5. The van der Waals surface area contributed by atoms with Crippen LogP contribution in [-0.4, -0.2) is 35.3 Å². The molecule has 0 aliphatic carbocycles. The zero-order valence-corrected chi connectivity index (χ0v) is 12.9. The molecule has 0 saturated heterocycles. The summed E-state index contributed by atoms with van der Waals surface area (Å²) >= 11 is 0. The van der Waals surface area contributed by atoms with Crippen LogP contribution in [0.15, 0.2) is 34.7 Å². The second-order valence-corrected chi connectivity index (χ2v) is 5.38. The van der Waals surface area contributed by atoms with Gasteiger partial charge in [0.05, 0.1) is 6.54 Å². The molecule has 0 aliphatic heterocycles. The van der Waals surface area contributed by atoms with E-state index in [1.54, 1.807) is 0 Å². The molecule has 2 amide bonds. The first-order valence-corrected chi connectivity index (χ1v) is 7.00. The van der Waals surface area contributed by atoms with Gasteiger partial charge in [-0.2, -0.15) is 0 Å². The predicted molar refractivity (Wildman–Crippen MR) is 82.2 cm³/mol. The molecule has 0 bridgehead atoms. The maximum Gasteiger partial charge on any atom is 0.276 e. The molecule has 2 N–H and O–H groups in total. The minimum absolute atomic E-state index is 0.00843. The van der Waals surface area contributed by atoms with Gasteiger partial charge in [0.25, 0.3) is 5.91 Å². The minimum Gasteiger partial charge on any atom is -0.440 e. The lowest BCUT2D eigenvalue weighted by Gasteiger charge is -2.14. The van der Waals surface area contributed by atoms with Crippen molar-refractivity contribution in [3.05, 3.63) is 41.8 Å². The van der Waals surface area contributed by atoms with Gasteiger partial charge < -0.3 is 15.1 Å². The van der Waals surface area contributed by atoms with Gasteiger partial charge in [0.15, 0.2) is 5.69 Å². The summed E-state index contributed by atoms with van der Waals surface area (Å²) in [5, 5.41) is 0. The lowest BCUT2D eigenvalue weighted by atomic mass is 10.1. The van der Waals surface area contributed by atoms with Crippen LogP contribution in [0.25, 0.3) is 11.5 Å². The highest BCUT2D eigenvalue weighted by atomic mass is 16.4. The van der Waals surface area contributed by atoms with Crippen LogP contribution >= 0.6 is 0 Å². The largest absolute Gasteiger partial charge is 0.440 e. The van der Waals surface area contributed by atoms with Gasteiger partial charge in [0.1, 0.15) is 5.76 Å². The number of carbonyl (C=O) groups excluding carboxylic acids is 2. The quantitative estimate of drug-likeness (QED) is 0.915. The zero-order valence-electron chi connectivity index (χ0n) is 12.9. The van der Waals surface area contributed by atoms with E-state index >= 15 is 0 Å². The number of benzene rings is 1. The molecule has 1 aromatic heterocycles. The molecule has 0 saturated carbocycles. The molecule has 6 heteroatoms. The maximum atomic E-state index is 12.4. The van der Waals surface area contributed by atoms with Crippen molar-refractivity contribution in [3.8, 4) is 11.5 Å². The smallest absolute Gasteiger partial charge is 0.276 e. The Kier molecular flexibility index (Phi) is 4.60. The van der Waals surface area contributed by atoms with Crippen molar-refractivity contribution in [3.63, 3.8) is 0 Å². The number of nitrogens with zero attached hydrogens (tertiary/aromatic N) is 2. The fourth-order valence-corrected chi connectivity index (χ4v) is 2.07. The molecule has 0 atom stereocenters. The van der Waals surface area contributed by atoms with Gasteiger partial charge in [-0.25, -0.2) is 4.98 Å². The van der Waals surface area contributed by atoms with E-state index in [9.17, 15) is 9.59 Å². The number of likely N-dealkylation sites (N-methyl/N-ethyl adjacent to an activating group) is 1. The lowest BCUT2D eigenvalue weighted by Crippen LogP contribution is -2.36. The molecule has 1 heterocycles. The standard InChI is InChI=1S/C16H19N3O3/c1-10(2)14-13(16(21)19(3)9-12(17)20)18-15(22-14)11-7-5-4-6-8-11/h4-8,10H,9H2,1-3H3,(H2,17,20). The van der Waals surface area contributed by atoms with Gasteiger partial charge in [-0.3, -0.25) is 9.59 Å². The summed E-state index contributed by atoms with van der Waals surface area (Å²) in [4.78, 5) is 29.0. The van der Waals surface area contributed by atoms with Crippen LogP contribution < -0.4 is 5.73 Å². The number of oxazole rings is 1. The molecule has 0 radical (unpaired) electrons. The van der Waals surface area contributed by atoms with Crippen LogP contribution in [0.4, 0.5) is 0 Å². The number of hydrogen-bond acceptors (Lipinski definition) is 4. The van der Waals surface area contributed by atoms with Crippen molar-refractivity contribution in [1.29, 1.82) is 0 Å². The first kappa shape index (κ1) is 15.8. The number of nitrogens with two attached hydrogens (primary N) is 1. The van der Waals surface area contributed by atoms with Crippen LogP contribution in [0.3, 0.4) is 0 Å². The normalized spacial score (nSPS) is 10.7. The summed E-state index contributed by atoms with van der Waals surface area (Å²) in [6, 6.07) is 9.35. The van der Waals surface area contributed by atoms with Crippen molar-refractivity contribution >= 4 is 11.8 Å². The van der Waals surface area contributed by atoms with E-state index in [0.29, 0.717) is 11.7 Å². The van der Waals surface area contributed by atoms with Gasteiger partial charge in [-0.15, -0.1) is 0 Å². The van der Waals surface area contributed by atoms with Crippen LogP contribution in [0.5, 0.6) is 0 Å². The molecule has 1 aromatic carbocycles. The summed E-state index contributed by atoms with van der Waals surface area (Å²) in [5.41, 5.74) is 6.14. The van der Waals surface area contributed by atoms with Gasteiger partial charge in [-0.1, -0.05) is 32.0 Å². The third-order valence-electron chi connectivity index (χ3n) is 3.14. The molecule has 0 spiro atoms. The van der Waals surface area contributed by atoms with E-state index in [-0.39, 0.29) is 24.1 Å². The summed E-state index contributed by atoms with van der Waals surface area (Å²) in [5.74, 6) is -0.0756. The van der Waals surface area contributed by atoms with Gasteiger partial charge in [-0.05, 0) is 12.1 Å². The predicted octanol–water partition coefficient (Wildman–Crippen LogP) is 2.02. The second-order valence-electron chi connectivity index (χ2n) is 5.38. The number of amides is 2. The molecule has 2 aromatic rings. The topological polar surface area (TPSA) is 89.4 Å². The number of aromatic nitrogens is 1. The Morgan fingerprint density at radius 2 is 1.91 bits per heavy atom. The average Bonchev–Trinajstić information content (AvgIpc) is 2.92. The SMILES string of the molecule is CC(C)c1oc(-c2ccccc2)nc1C(=O)N(C)CC(N)=O. The average molecular weight is 301 g/mol. The molecule has 0 fully saturated rings. The van der Waals surface area contributed by atoms with Crippen molar-refractivity contribution in [1.82, 2.24) is 9.88 Å². The van der Waals surface area contributed by atoms with Crippen LogP contribution in [0.2, 0.25) is 0 Å². The summed E-state index contributed by atoms with van der Waals surface area (Å²) in [6.07, 6.45) is 0. The number of hydrogen-bond donors (Lipinski definition) is 1. The summed E-state index contributed by atoms with van der Waals surface area (Å²) in [7, 11) is 1.51. The van der Waals surface area contributed by atoms with Crippen molar-refractivity contribution in [2.75, 3.05) is 13.6 Å². The Bertz CT molecular complexity index is 677. The minimum atomic E-state index is -0.575. The Labute approximate surface area is 128 Å². The Balaban J connectivity index is 2.40.